The smallest absolute Gasteiger partial charge is 0.0379 e. The average Bonchev–Trinajstić information content (AvgIpc) is 2.40. The van der Waals surface area contributed by atoms with Crippen molar-refractivity contribution in [1.82, 2.24) is 4.90 Å². The Morgan fingerprint density at radius 3 is 2.39 bits per heavy atom. The van der Waals surface area contributed by atoms with Crippen LogP contribution in [-0.2, 0) is 6.54 Å². The minimum Gasteiger partial charge on any atom is -0.295 e. The molecular weight excluding hydrogens is 289 g/mol. The minimum atomic E-state index is 0. The summed E-state index contributed by atoms with van der Waals surface area (Å²) in [7, 11) is 0. The molecule has 1 saturated heterocycles. The van der Waals surface area contributed by atoms with Crippen LogP contribution in [0.1, 0.15) is 18.4 Å². The number of hydrogen-bond donors (Lipinski definition) is 0. The number of likely N-dealkylation sites (tertiary alicyclic amines) is 1. The lowest BCUT2D eigenvalue weighted by molar-refractivity contribution is 0.120. The molecule has 18 heavy (non-hydrogen) atoms. The van der Waals surface area contributed by atoms with Crippen molar-refractivity contribution >= 4 is 35.6 Å². The van der Waals surface area contributed by atoms with Gasteiger partial charge in [-0.25, -0.2) is 0 Å². The summed E-state index contributed by atoms with van der Waals surface area (Å²) in [4.78, 5) is 2.48. The van der Waals surface area contributed by atoms with Crippen LogP contribution >= 0.6 is 35.6 Å². The number of benzene rings is 1. The van der Waals surface area contributed by atoms with Crippen molar-refractivity contribution in [2.75, 3.05) is 18.3 Å². The maximum absolute atomic E-state index is 6.06. The highest BCUT2D eigenvalue weighted by Crippen LogP contribution is 2.25. The lowest BCUT2D eigenvalue weighted by atomic mass is 9.94. The van der Waals surface area contributed by atoms with Crippen LogP contribution in [0.25, 0.3) is 0 Å². The second kappa shape index (κ2) is 8.27. The molecule has 0 N–H and O–H groups in total. The quantitative estimate of drug-likeness (QED) is 0.755. The third-order valence-corrected chi connectivity index (χ3v) is 4.33. The van der Waals surface area contributed by atoms with Crippen LogP contribution in [0.3, 0.4) is 0 Å². The molecule has 1 aromatic rings. The van der Waals surface area contributed by atoms with Crippen molar-refractivity contribution in [3.8, 4) is 0 Å². The molecule has 0 amide bonds. The van der Waals surface area contributed by atoms with Crippen molar-refractivity contribution in [2.24, 2.45) is 5.92 Å². The fourth-order valence-corrected chi connectivity index (χ4v) is 3.10. The highest BCUT2D eigenvalue weighted by atomic mass is 35.5. The summed E-state index contributed by atoms with van der Waals surface area (Å²) in [6.45, 7) is 2.07. The van der Waals surface area contributed by atoms with Gasteiger partial charge in [-0.1, -0.05) is 30.3 Å². The molecule has 0 radical (unpaired) electrons. The summed E-state index contributed by atoms with van der Waals surface area (Å²) in [5, 5.41) is 0. The Kier molecular flexibility index (Phi) is 7.40. The molecule has 0 bridgehead atoms. The van der Waals surface area contributed by atoms with E-state index in [1.165, 1.54) is 18.4 Å². The van der Waals surface area contributed by atoms with E-state index in [0.717, 1.165) is 24.8 Å². The van der Waals surface area contributed by atoms with E-state index in [9.17, 15) is 0 Å². The second-order valence-electron chi connectivity index (χ2n) is 4.82. The number of rotatable bonds is 4. The Morgan fingerprint density at radius 1 is 1.06 bits per heavy atom. The van der Waals surface area contributed by atoms with E-state index in [2.05, 4.69) is 35.2 Å². The number of alkyl halides is 2. The van der Waals surface area contributed by atoms with E-state index >= 15 is 0 Å². The molecule has 1 aliphatic rings. The number of hydrogen-bond acceptors (Lipinski definition) is 1. The molecule has 0 saturated carbocycles. The summed E-state index contributed by atoms with van der Waals surface area (Å²) in [6, 6.07) is 11.1. The van der Waals surface area contributed by atoms with Gasteiger partial charge in [-0.3, -0.25) is 4.90 Å². The fourth-order valence-electron chi connectivity index (χ4n) is 2.49. The average molecular weight is 309 g/mol. The van der Waals surface area contributed by atoms with Crippen LogP contribution in [0.4, 0.5) is 0 Å². The Bertz CT molecular complexity index is 331. The molecule has 2 atom stereocenters. The predicted molar refractivity (Wildman–Crippen MR) is 82.1 cm³/mol. The molecule has 2 unspecified atom stereocenters. The van der Waals surface area contributed by atoms with Crippen LogP contribution < -0.4 is 0 Å². The lowest BCUT2D eigenvalue weighted by Crippen LogP contribution is -2.44. The number of halogens is 3. The minimum absolute atomic E-state index is 0. The molecule has 1 heterocycles. The van der Waals surface area contributed by atoms with Crippen LogP contribution in [0, 0.1) is 5.92 Å². The summed E-state index contributed by atoms with van der Waals surface area (Å²) < 4.78 is 0. The highest BCUT2D eigenvalue weighted by Gasteiger charge is 2.27. The standard InChI is InChI=1S/C14H19Cl2N.ClH/c15-8-13-6-7-14(9-16)17(11-13)10-12-4-2-1-3-5-12;/h1-5,13-14H,6-11H2;1H. The summed E-state index contributed by atoms with van der Waals surface area (Å²) in [5.41, 5.74) is 1.36. The van der Waals surface area contributed by atoms with E-state index in [1.807, 2.05) is 0 Å². The first-order chi connectivity index (χ1) is 8.33. The topological polar surface area (TPSA) is 3.24 Å². The molecule has 1 aliphatic heterocycles. The first-order valence-corrected chi connectivity index (χ1v) is 7.30. The van der Waals surface area contributed by atoms with Crippen LogP contribution in [0.2, 0.25) is 0 Å². The zero-order valence-corrected chi connectivity index (χ0v) is 12.7. The Morgan fingerprint density at radius 2 is 1.78 bits per heavy atom. The molecule has 0 aromatic heterocycles. The van der Waals surface area contributed by atoms with Gasteiger partial charge in [-0.15, -0.1) is 35.6 Å². The number of piperidine rings is 1. The molecule has 102 valence electrons. The molecule has 2 rings (SSSR count). The normalized spacial score (nSPS) is 24.6. The van der Waals surface area contributed by atoms with Crippen molar-refractivity contribution in [3.05, 3.63) is 35.9 Å². The van der Waals surface area contributed by atoms with Gasteiger partial charge in [0.25, 0.3) is 0 Å². The molecule has 0 spiro atoms. The van der Waals surface area contributed by atoms with Crippen molar-refractivity contribution in [1.29, 1.82) is 0 Å². The van der Waals surface area contributed by atoms with Crippen LogP contribution in [-0.4, -0.2) is 29.2 Å². The third kappa shape index (κ3) is 4.31. The Labute approximate surface area is 126 Å². The van der Waals surface area contributed by atoms with Crippen LogP contribution in [0.15, 0.2) is 30.3 Å². The van der Waals surface area contributed by atoms with Gasteiger partial charge in [0.05, 0.1) is 0 Å². The Hall–Kier alpha value is 0.0500. The monoisotopic (exact) mass is 307 g/mol. The molecule has 1 nitrogen and oxygen atoms in total. The highest BCUT2D eigenvalue weighted by molar-refractivity contribution is 6.18. The summed E-state index contributed by atoms with van der Waals surface area (Å²) in [6.07, 6.45) is 2.39. The van der Waals surface area contributed by atoms with Gasteiger partial charge < -0.3 is 0 Å². The molecular formula is C14H20Cl3N. The van der Waals surface area contributed by atoms with Crippen molar-refractivity contribution in [2.45, 2.75) is 25.4 Å². The lowest BCUT2D eigenvalue weighted by Gasteiger charge is -2.38. The van der Waals surface area contributed by atoms with Gasteiger partial charge in [-0.2, -0.15) is 0 Å². The molecule has 0 aliphatic carbocycles. The number of nitrogens with zero attached hydrogens (tertiary/aromatic N) is 1. The van der Waals surface area contributed by atoms with E-state index in [1.54, 1.807) is 0 Å². The van der Waals surface area contributed by atoms with Crippen molar-refractivity contribution < 1.29 is 0 Å². The van der Waals surface area contributed by atoms with Gasteiger partial charge in [0.2, 0.25) is 0 Å². The maximum Gasteiger partial charge on any atom is 0.0379 e. The first-order valence-electron chi connectivity index (χ1n) is 6.23. The summed E-state index contributed by atoms with van der Waals surface area (Å²) in [5.74, 6) is 2.11. The maximum atomic E-state index is 6.06. The SMILES string of the molecule is Cl.ClCC1CCC(CCl)N(Cc2ccccc2)C1. The zero-order valence-electron chi connectivity index (χ0n) is 10.4. The van der Waals surface area contributed by atoms with Gasteiger partial charge in [-0.05, 0) is 24.3 Å². The molecule has 4 heteroatoms. The first kappa shape index (κ1) is 16.1. The van der Waals surface area contributed by atoms with Gasteiger partial charge >= 0.3 is 0 Å². The van der Waals surface area contributed by atoms with E-state index in [0.29, 0.717) is 12.0 Å². The third-order valence-electron chi connectivity index (χ3n) is 3.54. The summed E-state index contributed by atoms with van der Waals surface area (Å²) >= 11 is 12.0. The van der Waals surface area contributed by atoms with Crippen LogP contribution in [0.5, 0.6) is 0 Å². The predicted octanol–water partition coefficient (Wildman–Crippen LogP) is 4.17. The van der Waals surface area contributed by atoms with E-state index in [-0.39, 0.29) is 12.4 Å². The zero-order chi connectivity index (χ0) is 12.1. The van der Waals surface area contributed by atoms with Gasteiger partial charge in [0, 0.05) is 30.9 Å². The van der Waals surface area contributed by atoms with E-state index in [4.69, 9.17) is 23.2 Å². The fraction of sp³-hybridized carbons (Fsp3) is 0.571. The molecule has 1 aromatic carbocycles. The second-order valence-corrected chi connectivity index (χ2v) is 5.44. The van der Waals surface area contributed by atoms with E-state index < -0.39 is 0 Å². The van der Waals surface area contributed by atoms with Gasteiger partial charge in [0.1, 0.15) is 0 Å². The Balaban J connectivity index is 0.00000162. The van der Waals surface area contributed by atoms with Crippen molar-refractivity contribution in [3.63, 3.8) is 0 Å². The largest absolute Gasteiger partial charge is 0.295 e. The molecule has 1 fully saturated rings. The van der Waals surface area contributed by atoms with Gasteiger partial charge in [0.15, 0.2) is 0 Å².